The summed E-state index contributed by atoms with van der Waals surface area (Å²) in [5.41, 5.74) is 0. The maximum absolute atomic E-state index is 12.6. The van der Waals surface area contributed by atoms with E-state index in [1.54, 1.807) is 54.5 Å². The van der Waals surface area contributed by atoms with E-state index in [2.05, 4.69) is 5.32 Å². The SMILES string of the molecule is COc1ccccc1OCCNC(=O)N1CCN(S(=O)(=O)c2ccccc2)CC1. The van der Waals surface area contributed by atoms with Gasteiger partial charge >= 0.3 is 6.03 Å². The topological polar surface area (TPSA) is 88.2 Å². The lowest BCUT2D eigenvalue weighted by Gasteiger charge is -2.34. The number of piperazine rings is 1. The fraction of sp³-hybridized carbons (Fsp3) is 0.350. The number of rotatable bonds is 7. The Morgan fingerprint density at radius 3 is 2.24 bits per heavy atom. The van der Waals surface area contributed by atoms with E-state index in [-0.39, 0.29) is 24.0 Å². The van der Waals surface area contributed by atoms with Gasteiger partial charge in [0.15, 0.2) is 11.5 Å². The number of carbonyl (C=O) groups excluding carboxylic acids is 1. The zero-order chi connectivity index (χ0) is 20.7. The first-order valence-corrected chi connectivity index (χ1v) is 10.8. The molecule has 29 heavy (non-hydrogen) atoms. The summed E-state index contributed by atoms with van der Waals surface area (Å²) in [5, 5.41) is 2.80. The normalized spacial score (nSPS) is 15.0. The smallest absolute Gasteiger partial charge is 0.317 e. The van der Waals surface area contributed by atoms with Crippen LogP contribution in [0, 0.1) is 0 Å². The van der Waals surface area contributed by atoms with E-state index >= 15 is 0 Å². The highest BCUT2D eigenvalue weighted by molar-refractivity contribution is 7.89. The summed E-state index contributed by atoms with van der Waals surface area (Å²) in [6, 6.07) is 15.4. The second-order valence-corrected chi connectivity index (χ2v) is 8.37. The first kappa shape index (κ1) is 20.9. The van der Waals surface area contributed by atoms with Crippen LogP contribution in [0.5, 0.6) is 11.5 Å². The molecule has 1 fully saturated rings. The van der Waals surface area contributed by atoms with E-state index in [0.717, 1.165) is 0 Å². The molecule has 0 aromatic heterocycles. The maximum atomic E-state index is 12.6. The predicted octanol–water partition coefficient (Wildman–Crippen LogP) is 1.79. The van der Waals surface area contributed by atoms with Gasteiger partial charge in [-0.3, -0.25) is 0 Å². The van der Waals surface area contributed by atoms with Crippen LogP contribution in [0.4, 0.5) is 4.79 Å². The number of nitrogens with one attached hydrogen (secondary N) is 1. The third-order valence-corrected chi connectivity index (χ3v) is 6.52. The Bertz CT molecular complexity index is 913. The van der Waals surface area contributed by atoms with Gasteiger partial charge in [-0.05, 0) is 24.3 Å². The number of para-hydroxylation sites is 2. The van der Waals surface area contributed by atoms with Crippen LogP contribution in [0.15, 0.2) is 59.5 Å². The molecule has 8 nitrogen and oxygen atoms in total. The summed E-state index contributed by atoms with van der Waals surface area (Å²) in [5.74, 6) is 1.25. The molecule has 0 spiro atoms. The Morgan fingerprint density at radius 1 is 0.966 bits per heavy atom. The Hall–Kier alpha value is -2.78. The van der Waals surface area contributed by atoms with Crippen molar-refractivity contribution in [3.8, 4) is 11.5 Å². The fourth-order valence-electron chi connectivity index (χ4n) is 3.04. The van der Waals surface area contributed by atoms with Gasteiger partial charge in [-0.15, -0.1) is 0 Å². The van der Waals surface area contributed by atoms with Crippen molar-refractivity contribution >= 4 is 16.1 Å². The van der Waals surface area contributed by atoms with Gasteiger partial charge in [0.2, 0.25) is 10.0 Å². The van der Waals surface area contributed by atoms with Gasteiger partial charge in [-0.25, -0.2) is 13.2 Å². The number of nitrogens with zero attached hydrogens (tertiary/aromatic N) is 2. The van der Waals surface area contributed by atoms with Crippen LogP contribution in [0.3, 0.4) is 0 Å². The molecule has 0 radical (unpaired) electrons. The zero-order valence-corrected chi connectivity index (χ0v) is 17.1. The highest BCUT2D eigenvalue weighted by Gasteiger charge is 2.29. The van der Waals surface area contributed by atoms with Gasteiger partial charge in [-0.1, -0.05) is 30.3 Å². The third kappa shape index (κ3) is 5.18. The number of urea groups is 1. The van der Waals surface area contributed by atoms with Crippen LogP contribution in [0.1, 0.15) is 0 Å². The average Bonchev–Trinajstić information content (AvgIpc) is 2.77. The van der Waals surface area contributed by atoms with Gasteiger partial charge < -0.3 is 19.7 Å². The molecule has 156 valence electrons. The van der Waals surface area contributed by atoms with Gasteiger partial charge in [0.05, 0.1) is 18.6 Å². The molecule has 3 rings (SSSR count). The second kappa shape index (κ2) is 9.62. The fourth-order valence-corrected chi connectivity index (χ4v) is 4.49. The van der Waals surface area contributed by atoms with E-state index in [0.29, 0.717) is 37.7 Å². The van der Waals surface area contributed by atoms with E-state index in [1.807, 2.05) is 12.1 Å². The number of sulfonamides is 1. The van der Waals surface area contributed by atoms with Crippen LogP contribution >= 0.6 is 0 Å². The largest absolute Gasteiger partial charge is 0.493 e. The van der Waals surface area contributed by atoms with Crippen molar-refractivity contribution in [2.45, 2.75) is 4.90 Å². The molecule has 2 amide bonds. The van der Waals surface area contributed by atoms with E-state index < -0.39 is 10.0 Å². The minimum absolute atomic E-state index is 0.231. The predicted molar refractivity (Wildman–Crippen MR) is 109 cm³/mol. The van der Waals surface area contributed by atoms with Gasteiger partial charge in [-0.2, -0.15) is 4.31 Å². The standard InChI is InChI=1S/C20H25N3O5S/c1-27-18-9-5-6-10-19(18)28-16-11-21-20(24)22-12-14-23(15-13-22)29(25,26)17-7-3-2-4-8-17/h2-10H,11-16H2,1H3,(H,21,24). The summed E-state index contributed by atoms with van der Waals surface area (Å²) in [6.07, 6.45) is 0. The molecule has 2 aromatic rings. The Balaban J connectivity index is 1.43. The summed E-state index contributed by atoms with van der Waals surface area (Å²) in [6.45, 7) is 1.84. The molecule has 0 saturated carbocycles. The highest BCUT2D eigenvalue weighted by Crippen LogP contribution is 2.25. The van der Waals surface area contributed by atoms with Crippen molar-refractivity contribution in [2.24, 2.45) is 0 Å². The molecule has 0 bridgehead atoms. The summed E-state index contributed by atoms with van der Waals surface area (Å²) in [7, 11) is -1.96. The van der Waals surface area contributed by atoms with Gasteiger partial charge in [0, 0.05) is 26.2 Å². The Labute approximate surface area is 171 Å². The molecular formula is C20H25N3O5S. The van der Waals surface area contributed by atoms with Crippen molar-refractivity contribution in [3.63, 3.8) is 0 Å². The minimum atomic E-state index is -3.53. The first-order chi connectivity index (χ1) is 14.0. The van der Waals surface area contributed by atoms with Crippen LogP contribution < -0.4 is 14.8 Å². The number of methoxy groups -OCH3 is 1. The molecule has 1 heterocycles. The number of hydrogen-bond donors (Lipinski definition) is 1. The molecule has 0 unspecified atom stereocenters. The van der Waals surface area contributed by atoms with Crippen molar-refractivity contribution < 1.29 is 22.7 Å². The van der Waals surface area contributed by atoms with E-state index in [4.69, 9.17) is 9.47 Å². The number of benzene rings is 2. The van der Waals surface area contributed by atoms with Crippen LogP contribution in [0.2, 0.25) is 0 Å². The molecule has 0 atom stereocenters. The van der Waals surface area contributed by atoms with Crippen molar-refractivity contribution in [2.75, 3.05) is 46.4 Å². The minimum Gasteiger partial charge on any atom is -0.493 e. The van der Waals surface area contributed by atoms with Gasteiger partial charge in [0.25, 0.3) is 0 Å². The van der Waals surface area contributed by atoms with Crippen LogP contribution in [-0.2, 0) is 10.0 Å². The summed E-state index contributed by atoms with van der Waals surface area (Å²) in [4.78, 5) is 14.2. The summed E-state index contributed by atoms with van der Waals surface area (Å²) >= 11 is 0. The highest BCUT2D eigenvalue weighted by atomic mass is 32.2. The lowest BCUT2D eigenvalue weighted by Crippen LogP contribution is -2.53. The average molecular weight is 420 g/mol. The molecule has 1 N–H and O–H groups in total. The zero-order valence-electron chi connectivity index (χ0n) is 16.3. The maximum Gasteiger partial charge on any atom is 0.317 e. The number of hydrogen-bond acceptors (Lipinski definition) is 5. The van der Waals surface area contributed by atoms with Crippen LogP contribution in [-0.4, -0.2) is 70.1 Å². The molecule has 9 heteroatoms. The van der Waals surface area contributed by atoms with Gasteiger partial charge in [0.1, 0.15) is 6.61 Å². The quantitative estimate of drug-likeness (QED) is 0.692. The lowest BCUT2D eigenvalue weighted by atomic mass is 10.3. The first-order valence-electron chi connectivity index (χ1n) is 9.36. The molecule has 0 aliphatic carbocycles. The van der Waals surface area contributed by atoms with Crippen molar-refractivity contribution in [1.82, 2.24) is 14.5 Å². The van der Waals surface area contributed by atoms with Crippen LogP contribution in [0.25, 0.3) is 0 Å². The number of amides is 2. The van der Waals surface area contributed by atoms with E-state index in [1.165, 1.54) is 4.31 Å². The number of ether oxygens (including phenoxy) is 2. The Kier molecular flexibility index (Phi) is 6.95. The van der Waals surface area contributed by atoms with E-state index in [9.17, 15) is 13.2 Å². The monoisotopic (exact) mass is 419 g/mol. The molecule has 1 saturated heterocycles. The van der Waals surface area contributed by atoms with Crippen molar-refractivity contribution in [1.29, 1.82) is 0 Å². The Morgan fingerprint density at radius 2 is 1.59 bits per heavy atom. The molecular weight excluding hydrogens is 394 g/mol. The second-order valence-electron chi connectivity index (χ2n) is 6.44. The molecule has 1 aliphatic rings. The third-order valence-electron chi connectivity index (χ3n) is 4.61. The number of carbonyl (C=O) groups is 1. The van der Waals surface area contributed by atoms with Crippen molar-refractivity contribution in [3.05, 3.63) is 54.6 Å². The lowest BCUT2D eigenvalue weighted by molar-refractivity contribution is 0.170. The summed E-state index contributed by atoms with van der Waals surface area (Å²) < 4.78 is 37.5. The molecule has 1 aliphatic heterocycles. The molecule has 2 aromatic carbocycles.